The van der Waals surface area contributed by atoms with Gasteiger partial charge < -0.3 is 10.6 Å². The summed E-state index contributed by atoms with van der Waals surface area (Å²) < 4.78 is 41.2. The molecule has 1 saturated carbocycles. The lowest BCUT2D eigenvalue weighted by Gasteiger charge is -2.35. The first-order valence-electron chi connectivity index (χ1n) is 10.7. The van der Waals surface area contributed by atoms with E-state index in [0.717, 1.165) is 44.6 Å². The molecule has 0 aromatic heterocycles. The van der Waals surface area contributed by atoms with Crippen LogP contribution in [0.2, 0.25) is 0 Å². The van der Waals surface area contributed by atoms with Gasteiger partial charge in [0.2, 0.25) is 10.0 Å². The van der Waals surface area contributed by atoms with Crippen LogP contribution < -0.4 is 10.6 Å². The lowest BCUT2D eigenvalue weighted by molar-refractivity contribution is -0.139. The van der Waals surface area contributed by atoms with E-state index in [1.807, 2.05) is 0 Å². The van der Waals surface area contributed by atoms with E-state index in [4.69, 9.17) is 0 Å². The summed E-state index contributed by atoms with van der Waals surface area (Å²) in [6.45, 7) is 2.19. The van der Waals surface area contributed by atoms with Crippen molar-refractivity contribution in [2.75, 3.05) is 13.1 Å². The summed E-state index contributed by atoms with van der Waals surface area (Å²) >= 11 is 0. The van der Waals surface area contributed by atoms with Crippen LogP contribution in [0.25, 0.3) is 0 Å². The van der Waals surface area contributed by atoms with Gasteiger partial charge in [0.1, 0.15) is 5.82 Å². The molecule has 2 aliphatic rings. The number of sulfonamides is 1. The second-order valence-corrected chi connectivity index (χ2v) is 10.0. The summed E-state index contributed by atoms with van der Waals surface area (Å²) in [6, 6.07) is 3.48. The largest absolute Gasteiger partial charge is 0.348 e. The van der Waals surface area contributed by atoms with Gasteiger partial charge in [0, 0.05) is 25.2 Å². The summed E-state index contributed by atoms with van der Waals surface area (Å²) in [4.78, 5) is 24.2. The number of amides is 2. The molecule has 30 heavy (non-hydrogen) atoms. The number of carbonyl (C=O) groups excluding carboxylic acids is 2. The molecule has 7 nitrogen and oxygen atoms in total. The molecular formula is C21H30FN3O4S. The van der Waals surface area contributed by atoms with Crippen LogP contribution in [-0.4, -0.2) is 49.7 Å². The highest BCUT2D eigenvalue weighted by Gasteiger charge is 2.34. The van der Waals surface area contributed by atoms with Crippen LogP contribution in [0.4, 0.5) is 4.39 Å². The van der Waals surface area contributed by atoms with Crippen molar-refractivity contribution in [2.45, 2.75) is 75.3 Å². The van der Waals surface area contributed by atoms with E-state index in [1.54, 1.807) is 6.92 Å². The first kappa shape index (κ1) is 22.7. The number of piperidine rings is 1. The van der Waals surface area contributed by atoms with E-state index in [0.29, 0.717) is 24.9 Å². The molecule has 2 N–H and O–H groups in total. The van der Waals surface area contributed by atoms with Crippen molar-refractivity contribution >= 4 is 21.8 Å². The molecule has 2 amide bonds. The van der Waals surface area contributed by atoms with Gasteiger partial charge in [-0.25, -0.2) is 12.8 Å². The number of rotatable bonds is 6. The van der Waals surface area contributed by atoms with Crippen LogP contribution in [-0.2, 0) is 19.6 Å². The molecule has 1 atom stereocenters. The normalized spacial score (nSPS) is 20.8. The number of hydrogen-bond donors (Lipinski definition) is 2. The summed E-state index contributed by atoms with van der Waals surface area (Å²) in [6.07, 6.45) is 6.68. The summed E-state index contributed by atoms with van der Waals surface area (Å²) in [7, 11) is -3.77. The van der Waals surface area contributed by atoms with Gasteiger partial charge in [-0.05, 0) is 62.8 Å². The van der Waals surface area contributed by atoms with Crippen LogP contribution in [0.1, 0.15) is 56.9 Å². The third kappa shape index (κ3) is 5.37. The van der Waals surface area contributed by atoms with E-state index < -0.39 is 27.7 Å². The Morgan fingerprint density at radius 1 is 1.10 bits per heavy atom. The zero-order valence-electron chi connectivity index (χ0n) is 17.3. The molecule has 3 rings (SSSR count). The van der Waals surface area contributed by atoms with Crippen molar-refractivity contribution in [1.29, 1.82) is 0 Å². The molecule has 0 radical (unpaired) electrons. The lowest BCUT2D eigenvalue weighted by Crippen LogP contribution is -2.47. The van der Waals surface area contributed by atoms with Crippen molar-refractivity contribution in [1.82, 2.24) is 14.9 Å². The van der Waals surface area contributed by atoms with Crippen LogP contribution in [0.15, 0.2) is 23.1 Å². The Kier molecular flexibility index (Phi) is 7.46. The maximum Gasteiger partial charge on any atom is 0.309 e. The van der Waals surface area contributed by atoms with Gasteiger partial charge in [0.05, 0.1) is 4.90 Å². The predicted molar refractivity (Wildman–Crippen MR) is 111 cm³/mol. The highest BCUT2D eigenvalue weighted by molar-refractivity contribution is 7.89. The standard InChI is InChI=1S/C21H30FN3O4S/c1-15-14-16(22)9-10-19(15)30(28,29)25-13-5-4-8-18(25)11-12-23-20(26)21(27)24-17-6-2-3-7-17/h9-10,14,17-18H,2-8,11-13H2,1H3,(H,23,26)(H,24,27)/t18-/m1/s1. The molecule has 1 heterocycles. The fraction of sp³-hybridized carbons (Fsp3) is 0.619. The second kappa shape index (κ2) is 9.87. The molecule has 1 aliphatic heterocycles. The highest BCUT2D eigenvalue weighted by atomic mass is 32.2. The number of halogens is 1. The zero-order valence-corrected chi connectivity index (χ0v) is 18.1. The Labute approximate surface area is 177 Å². The topological polar surface area (TPSA) is 95.6 Å². The Morgan fingerprint density at radius 3 is 2.50 bits per heavy atom. The smallest absolute Gasteiger partial charge is 0.309 e. The van der Waals surface area contributed by atoms with Gasteiger partial charge in [-0.2, -0.15) is 4.31 Å². The third-order valence-electron chi connectivity index (χ3n) is 5.96. The molecule has 0 spiro atoms. The van der Waals surface area contributed by atoms with Crippen molar-refractivity contribution in [3.63, 3.8) is 0 Å². The molecule has 166 valence electrons. The number of benzene rings is 1. The van der Waals surface area contributed by atoms with Crippen LogP contribution in [0, 0.1) is 12.7 Å². The van der Waals surface area contributed by atoms with Crippen LogP contribution in [0.5, 0.6) is 0 Å². The Bertz CT molecular complexity index is 884. The summed E-state index contributed by atoms with van der Waals surface area (Å²) in [5, 5.41) is 5.36. The van der Waals surface area contributed by atoms with E-state index >= 15 is 0 Å². The SMILES string of the molecule is Cc1cc(F)ccc1S(=O)(=O)N1CCCC[C@@H]1CCNC(=O)C(=O)NC1CCCC1. The van der Waals surface area contributed by atoms with E-state index in [1.165, 1.54) is 16.4 Å². The van der Waals surface area contributed by atoms with Gasteiger partial charge in [-0.1, -0.05) is 19.3 Å². The van der Waals surface area contributed by atoms with Crippen molar-refractivity contribution in [3.05, 3.63) is 29.6 Å². The predicted octanol–water partition coefficient (Wildman–Crippen LogP) is 2.24. The molecule has 1 aliphatic carbocycles. The minimum absolute atomic E-state index is 0.0705. The van der Waals surface area contributed by atoms with Crippen LogP contribution >= 0.6 is 0 Å². The molecule has 9 heteroatoms. The van der Waals surface area contributed by atoms with Gasteiger partial charge >= 0.3 is 11.8 Å². The van der Waals surface area contributed by atoms with Crippen molar-refractivity contribution in [3.8, 4) is 0 Å². The fourth-order valence-electron chi connectivity index (χ4n) is 4.36. The summed E-state index contributed by atoms with van der Waals surface area (Å²) in [5.41, 5.74) is 0.371. The number of carbonyl (C=O) groups is 2. The van der Waals surface area contributed by atoms with Gasteiger partial charge in [0.25, 0.3) is 0 Å². The first-order valence-corrected chi connectivity index (χ1v) is 12.1. The Hall–Kier alpha value is -2.00. The average Bonchev–Trinajstić information content (AvgIpc) is 3.21. The number of nitrogens with one attached hydrogen (secondary N) is 2. The minimum atomic E-state index is -3.77. The number of aryl methyl sites for hydroxylation is 1. The molecule has 1 saturated heterocycles. The molecule has 1 aromatic rings. The second-order valence-electron chi connectivity index (χ2n) is 8.17. The zero-order chi connectivity index (χ0) is 21.7. The Balaban J connectivity index is 1.59. The first-order chi connectivity index (χ1) is 14.3. The number of nitrogens with zero attached hydrogens (tertiary/aromatic N) is 1. The fourth-order valence-corrected chi connectivity index (χ4v) is 6.29. The molecule has 0 unspecified atom stereocenters. The van der Waals surface area contributed by atoms with E-state index in [-0.39, 0.29) is 23.5 Å². The van der Waals surface area contributed by atoms with Gasteiger partial charge in [-0.3, -0.25) is 9.59 Å². The van der Waals surface area contributed by atoms with E-state index in [2.05, 4.69) is 10.6 Å². The Morgan fingerprint density at radius 2 is 1.80 bits per heavy atom. The average molecular weight is 440 g/mol. The third-order valence-corrected chi connectivity index (χ3v) is 8.07. The van der Waals surface area contributed by atoms with Gasteiger partial charge in [-0.15, -0.1) is 0 Å². The lowest BCUT2D eigenvalue weighted by atomic mass is 10.0. The maximum atomic E-state index is 13.4. The summed E-state index contributed by atoms with van der Waals surface area (Å²) in [5.74, 6) is -1.78. The highest BCUT2D eigenvalue weighted by Crippen LogP contribution is 2.28. The van der Waals surface area contributed by atoms with Gasteiger partial charge in [0.15, 0.2) is 0 Å². The quantitative estimate of drug-likeness (QED) is 0.665. The minimum Gasteiger partial charge on any atom is -0.348 e. The monoisotopic (exact) mass is 439 g/mol. The van der Waals surface area contributed by atoms with Crippen molar-refractivity contribution < 1.29 is 22.4 Å². The molecule has 2 fully saturated rings. The number of hydrogen-bond acceptors (Lipinski definition) is 4. The van der Waals surface area contributed by atoms with Crippen LogP contribution in [0.3, 0.4) is 0 Å². The maximum absolute atomic E-state index is 13.4. The van der Waals surface area contributed by atoms with E-state index in [9.17, 15) is 22.4 Å². The molecular weight excluding hydrogens is 409 g/mol. The van der Waals surface area contributed by atoms with Crippen molar-refractivity contribution in [2.24, 2.45) is 0 Å². The molecule has 1 aromatic carbocycles. The molecule has 0 bridgehead atoms.